The molecule has 0 bridgehead atoms. The lowest BCUT2D eigenvalue weighted by Crippen LogP contribution is -1.92. The van der Waals surface area contributed by atoms with Crippen molar-refractivity contribution >= 4 is 12.2 Å². The molecule has 0 aliphatic carbocycles. The summed E-state index contributed by atoms with van der Waals surface area (Å²) in [6.45, 7) is 0. The number of benzene rings is 2. The fourth-order valence-electron chi connectivity index (χ4n) is 2.02. The van der Waals surface area contributed by atoms with E-state index in [1.165, 1.54) is 0 Å². The number of rotatable bonds is 5. The third-order valence-corrected chi connectivity index (χ3v) is 3.03. The fourth-order valence-corrected chi connectivity index (χ4v) is 2.02. The maximum absolute atomic E-state index is 5.37. The SMILES string of the molecule is COc1ccccc1/C=C\c1c(OC)cccc1OC. The van der Waals surface area contributed by atoms with E-state index in [1.54, 1.807) is 21.3 Å². The lowest BCUT2D eigenvalue weighted by molar-refractivity contribution is 0.392. The summed E-state index contributed by atoms with van der Waals surface area (Å²) in [6, 6.07) is 13.6. The van der Waals surface area contributed by atoms with Crippen LogP contribution >= 0.6 is 0 Å². The van der Waals surface area contributed by atoms with Crippen LogP contribution in [0.15, 0.2) is 42.5 Å². The molecule has 0 heterocycles. The summed E-state index contributed by atoms with van der Waals surface area (Å²) in [6.07, 6.45) is 3.95. The predicted octanol–water partition coefficient (Wildman–Crippen LogP) is 3.88. The number of para-hydroxylation sites is 1. The van der Waals surface area contributed by atoms with Gasteiger partial charge < -0.3 is 14.2 Å². The highest BCUT2D eigenvalue weighted by Crippen LogP contribution is 2.31. The first-order valence-electron chi connectivity index (χ1n) is 6.32. The van der Waals surface area contributed by atoms with Crippen LogP contribution in [0.5, 0.6) is 17.2 Å². The van der Waals surface area contributed by atoms with Crippen molar-refractivity contribution in [2.75, 3.05) is 21.3 Å². The first-order chi connectivity index (χ1) is 9.80. The molecular formula is C17H18O3. The summed E-state index contributed by atoms with van der Waals surface area (Å²) in [5, 5.41) is 0. The molecule has 0 saturated heterocycles. The molecule has 20 heavy (non-hydrogen) atoms. The third kappa shape index (κ3) is 2.94. The van der Waals surface area contributed by atoms with Crippen LogP contribution < -0.4 is 14.2 Å². The van der Waals surface area contributed by atoms with Gasteiger partial charge in [0.25, 0.3) is 0 Å². The number of methoxy groups -OCH3 is 3. The Labute approximate surface area is 119 Å². The van der Waals surface area contributed by atoms with Crippen LogP contribution in [0.2, 0.25) is 0 Å². The van der Waals surface area contributed by atoms with Gasteiger partial charge in [0, 0.05) is 5.56 Å². The topological polar surface area (TPSA) is 27.7 Å². The minimum Gasteiger partial charge on any atom is -0.496 e. The van der Waals surface area contributed by atoms with Crippen molar-refractivity contribution in [3.05, 3.63) is 53.6 Å². The normalized spacial score (nSPS) is 10.6. The van der Waals surface area contributed by atoms with Crippen LogP contribution in [0.3, 0.4) is 0 Å². The van der Waals surface area contributed by atoms with Crippen LogP contribution in [0.4, 0.5) is 0 Å². The summed E-state index contributed by atoms with van der Waals surface area (Å²) >= 11 is 0. The summed E-state index contributed by atoms with van der Waals surface area (Å²) in [5.41, 5.74) is 1.91. The van der Waals surface area contributed by atoms with Gasteiger partial charge in [-0.2, -0.15) is 0 Å². The molecule has 2 rings (SSSR count). The highest BCUT2D eigenvalue weighted by Gasteiger charge is 2.06. The van der Waals surface area contributed by atoms with Crippen molar-refractivity contribution in [1.82, 2.24) is 0 Å². The molecule has 2 aromatic rings. The summed E-state index contributed by atoms with van der Waals surface area (Å²) in [4.78, 5) is 0. The third-order valence-electron chi connectivity index (χ3n) is 3.03. The molecule has 3 nitrogen and oxygen atoms in total. The molecule has 0 amide bonds. The lowest BCUT2D eigenvalue weighted by Gasteiger charge is -2.10. The van der Waals surface area contributed by atoms with Gasteiger partial charge in [-0.15, -0.1) is 0 Å². The molecule has 104 valence electrons. The Bertz CT molecular complexity index is 581. The van der Waals surface area contributed by atoms with E-state index >= 15 is 0 Å². The van der Waals surface area contributed by atoms with Crippen molar-refractivity contribution in [2.45, 2.75) is 0 Å². The van der Waals surface area contributed by atoms with Crippen LogP contribution in [0.25, 0.3) is 12.2 Å². The van der Waals surface area contributed by atoms with E-state index in [9.17, 15) is 0 Å². The average Bonchev–Trinajstić information content (AvgIpc) is 2.52. The molecule has 3 heteroatoms. The maximum atomic E-state index is 5.37. The molecule has 0 aliphatic heterocycles. The van der Waals surface area contributed by atoms with E-state index in [0.717, 1.165) is 28.4 Å². The van der Waals surface area contributed by atoms with Crippen LogP contribution in [-0.4, -0.2) is 21.3 Å². The molecule has 0 saturated carbocycles. The average molecular weight is 270 g/mol. The van der Waals surface area contributed by atoms with Crippen LogP contribution in [0, 0.1) is 0 Å². The molecule has 0 unspecified atom stereocenters. The van der Waals surface area contributed by atoms with E-state index in [-0.39, 0.29) is 0 Å². The molecule has 0 fully saturated rings. The van der Waals surface area contributed by atoms with E-state index in [4.69, 9.17) is 14.2 Å². The largest absolute Gasteiger partial charge is 0.496 e. The molecular weight excluding hydrogens is 252 g/mol. The van der Waals surface area contributed by atoms with Gasteiger partial charge in [0.05, 0.1) is 26.9 Å². The van der Waals surface area contributed by atoms with Gasteiger partial charge in [-0.3, -0.25) is 0 Å². The first kappa shape index (κ1) is 14.0. The zero-order valence-electron chi connectivity index (χ0n) is 11.9. The molecule has 0 aromatic heterocycles. The van der Waals surface area contributed by atoms with Crippen LogP contribution in [-0.2, 0) is 0 Å². The Morgan fingerprint density at radius 3 is 1.80 bits per heavy atom. The van der Waals surface area contributed by atoms with E-state index in [1.807, 2.05) is 54.6 Å². The number of ether oxygens (including phenoxy) is 3. The molecule has 0 aliphatic rings. The van der Waals surface area contributed by atoms with Crippen molar-refractivity contribution in [1.29, 1.82) is 0 Å². The minimum atomic E-state index is 0.774. The van der Waals surface area contributed by atoms with Gasteiger partial charge >= 0.3 is 0 Å². The summed E-state index contributed by atoms with van der Waals surface area (Å²) < 4.78 is 16.1. The Kier molecular flexibility index (Phi) is 4.66. The van der Waals surface area contributed by atoms with E-state index in [0.29, 0.717) is 0 Å². The highest BCUT2D eigenvalue weighted by atomic mass is 16.5. The molecule has 0 atom stereocenters. The maximum Gasteiger partial charge on any atom is 0.129 e. The van der Waals surface area contributed by atoms with Gasteiger partial charge in [0.15, 0.2) is 0 Å². The van der Waals surface area contributed by atoms with Crippen LogP contribution in [0.1, 0.15) is 11.1 Å². The molecule has 2 aromatic carbocycles. The van der Waals surface area contributed by atoms with Gasteiger partial charge in [-0.25, -0.2) is 0 Å². The second-order valence-electron chi connectivity index (χ2n) is 4.15. The molecule has 0 N–H and O–H groups in total. The zero-order chi connectivity index (χ0) is 14.4. The summed E-state index contributed by atoms with van der Waals surface area (Å²) in [7, 11) is 4.96. The number of hydrogen-bond donors (Lipinski definition) is 0. The number of hydrogen-bond acceptors (Lipinski definition) is 3. The molecule has 0 radical (unpaired) electrons. The lowest BCUT2D eigenvalue weighted by atomic mass is 10.1. The van der Waals surface area contributed by atoms with Crippen molar-refractivity contribution in [3.8, 4) is 17.2 Å². The smallest absolute Gasteiger partial charge is 0.129 e. The molecule has 0 spiro atoms. The van der Waals surface area contributed by atoms with E-state index < -0.39 is 0 Å². The Balaban J connectivity index is 2.40. The van der Waals surface area contributed by atoms with E-state index in [2.05, 4.69) is 0 Å². The monoisotopic (exact) mass is 270 g/mol. The second-order valence-corrected chi connectivity index (χ2v) is 4.15. The summed E-state index contributed by atoms with van der Waals surface area (Å²) in [5.74, 6) is 2.38. The highest BCUT2D eigenvalue weighted by molar-refractivity contribution is 5.77. The fraction of sp³-hybridized carbons (Fsp3) is 0.176. The van der Waals surface area contributed by atoms with Gasteiger partial charge in [-0.1, -0.05) is 30.3 Å². The van der Waals surface area contributed by atoms with Gasteiger partial charge in [0.2, 0.25) is 0 Å². The second kappa shape index (κ2) is 6.66. The quantitative estimate of drug-likeness (QED) is 0.772. The predicted molar refractivity (Wildman–Crippen MR) is 81.5 cm³/mol. The van der Waals surface area contributed by atoms with Crippen molar-refractivity contribution in [3.63, 3.8) is 0 Å². The van der Waals surface area contributed by atoms with Crippen molar-refractivity contribution < 1.29 is 14.2 Å². The first-order valence-corrected chi connectivity index (χ1v) is 6.32. The standard InChI is InChI=1S/C17H18O3/c1-18-15-8-5-4-7-13(15)11-12-14-16(19-2)9-6-10-17(14)20-3/h4-12H,1-3H3/b12-11-. The Morgan fingerprint density at radius 2 is 1.20 bits per heavy atom. The van der Waals surface area contributed by atoms with Gasteiger partial charge in [-0.05, 0) is 24.3 Å². The Morgan fingerprint density at radius 1 is 0.650 bits per heavy atom. The minimum absolute atomic E-state index is 0.774. The zero-order valence-corrected chi connectivity index (χ0v) is 11.9. The van der Waals surface area contributed by atoms with Crippen molar-refractivity contribution in [2.24, 2.45) is 0 Å². The Hall–Kier alpha value is -2.42. The van der Waals surface area contributed by atoms with Gasteiger partial charge in [0.1, 0.15) is 17.2 Å².